The van der Waals surface area contributed by atoms with Crippen molar-refractivity contribution in [3.8, 4) is 0 Å². The van der Waals surface area contributed by atoms with Crippen molar-refractivity contribution >= 4 is 17.6 Å². The Morgan fingerprint density at radius 2 is 2.15 bits per heavy atom. The maximum Gasteiger partial charge on any atom is 0.305 e. The van der Waals surface area contributed by atoms with Crippen molar-refractivity contribution in [2.45, 2.75) is 50.6 Å². The van der Waals surface area contributed by atoms with Gasteiger partial charge in [-0.2, -0.15) is 0 Å². The molecule has 1 aliphatic rings. The highest BCUT2D eigenvalue weighted by molar-refractivity contribution is 6.31. The largest absolute Gasteiger partial charge is 0.481 e. The van der Waals surface area contributed by atoms with Crippen LogP contribution < -0.4 is 0 Å². The predicted molar refractivity (Wildman–Crippen MR) is 78.8 cm³/mol. The van der Waals surface area contributed by atoms with Crippen LogP contribution in [0.3, 0.4) is 0 Å². The van der Waals surface area contributed by atoms with Crippen LogP contribution in [0.2, 0.25) is 5.02 Å². The van der Waals surface area contributed by atoms with E-state index in [4.69, 9.17) is 11.6 Å². The minimum Gasteiger partial charge on any atom is -0.481 e. The molecule has 0 aliphatic heterocycles. The van der Waals surface area contributed by atoms with E-state index in [2.05, 4.69) is 9.88 Å². The normalized spacial score (nSPS) is 18.1. The molecule has 0 saturated heterocycles. The first-order chi connectivity index (χ1) is 9.53. The van der Waals surface area contributed by atoms with E-state index in [9.17, 15) is 9.90 Å². The first kappa shape index (κ1) is 15.3. The van der Waals surface area contributed by atoms with Gasteiger partial charge in [-0.05, 0) is 31.5 Å². The third kappa shape index (κ3) is 3.49. The van der Waals surface area contributed by atoms with Crippen LogP contribution in [0.4, 0.5) is 0 Å². The van der Waals surface area contributed by atoms with Crippen molar-refractivity contribution in [3.63, 3.8) is 0 Å². The zero-order chi connectivity index (χ0) is 14.6. The molecule has 0 aromatic carbocycles. The van der Waals surface area contributed by atoms with E-state index in [1.54, 1.807) is 12.4 Å². The number of carboxylic acid groups (broad SMARTS) is 1. The van der Waals surface area contributed by atoms with Gasteiger partial charge in [-0.15, -0.1) is 0 Å². The van der Waals surface area contributed by atoms with Crippen molar-refractivity contribution < 1.29 is 9.90 Å². The fourth-order valence-electron chi connectivity index (χ4n) is 3.14. The van der Waals surface area contributed by atoms with Crippen molar-refractivity contribution in [2.75, 3.05) is 7.05 Å². The number of hydrogen-bond donors (Lipinski definition) is 1. The predicted octanol–water partition coefficient (Wildman–Crippen LogP) is 3.34. The summed E-state index contributed by atoms with van der Waals surface area (Å²) in [5.74, 6) is -0.723. The first-order valence-electron chi connectivity index (χ1n) is 7.05. The van der Waals surface area contributed by atoms with Crippen LogP contribution in [0.5, 0.6) is 0 Å². The van der Waals surface area contributed by atoms with Gasteiger partial charge in [0, 0.05) is 24.5 Å². The second-order valence-corrected chi connectivity index (χ2v) is 6.09. The van der Waals surface area contributed by atoms with Gasteiger partial charge in [0.15, 0.2) is 0 Å². The number of carbonyl (C=O) groups is 1. The van der Waals surface area contributed by atoms with E-state index in [0.29, 0.717) is 11.6 Å². The Bertz CT molecular complexity index is 473. The van der Waals surface area contributed by atoms with Crippen molar-refractivity contribution in [1.29, 1.82) is 0 Å². The van der Waals surface area contributed by atoms with E-state index >= 15 is 0 Å². The molecule has 0 bridgehead atoms. The quantitative estimate of drug-likeness (QED) is 0.905. The highest BCUT2D eigenvalue weighted by Gasteiger charge is 2.38. The molecule has 1 aromatic heterocycles. The molecule has 1 fully saturated rings. The summed E-state index contributed by atoms with van der Waals surface area (Å²) in [4.78, 5) is 17.4. The molecule has 20 heavy (non-hydrogen) atoms. The molecule has 1 N–H and O–H groups in total. The Hall–Kier alpha value is -1.13. The SMILES string of the molecule is CN(Cc1ccncc1Cl)C1(CC(=O)O)CCCCC1. The average molecular weight is 297 g/mol. The number of rotatable bonds is 5. The summed E-state index contributed by atoms with van der Waals surface area (Å²) in [5.41, 5.74) is 0.760. The molecule has 110 valence electrons. The van der Waals surface area contributed by atoms with E-state index < -0.39 is 5.97 Å². The molecule has 1 aliphatic carbocycles. The van der Waals surface area contributed by atoms with Gasteiger partial charge in [-0.3, -0.25) is 14.7 Å². The Labute approximate surface area is 124 Å². The van der Waals surface area contributed by atoms with E-state index in [1.807, 2.05) is 13.1 Å². The lowest BCUT2D eigenvalue weighted by Gasteiger charge is -2.44. The summed E-state index contributed by atoms with van der Waals surface area (Å²) in [6, 6.07) is 1.90. The summed E-state index contributed by atoms with van der Waals surface area (Å²) in [6.45, 7) is 0.661. The molecule has 0 unspecified atom stereocenters. The summed E-state index contributed by atoms with van der Waals surface area (Å²) in [6.07, 6.45) is 8.84. The number of carboxylic acids is 1. The van der Waals surface area contributed by atoms with Gasteiger partial charge in [0.2, 0.25) is 0 Å². The second-order valence-electron chi connectivity index (χ2n) is 5.68. The third-order valence-electron chi connectivity index (χ3n) is 4.34. The van der Waals surface area contributed by atoms with E-state index in [0.717, 1.165) is 31.2 Å². The number of halogens is 1. The smallest absolute Gasteiger partial charge is 0.305 e. The van der Waals surface area contributed by atoms with Crippen molar-refractivity contribution in [3.05, 3.63) is 29.0 Å². The van der Waals surface area contributed by atoms with Crippen LogP contribution in [0, 0.1) is 0 Å². The van der Waals surface area contributed by atoms with Crippen LogP contribution in [0.25, 0.3) is 0 Å². The van der Waals surface area contributed by atoms with Gasteiger partial charge in [-0.25, -0.2) is 0 Å². The molecular formula is C15H21ClN2O2. The molecular weight excluding hydrogens is 276 g/mol. The second kappa shape index (κ2) is 6.55. The molecule has 0 spiro atoms. The van der Waals surface area contributed by atoms with Crippen LogP contribution in [-0.2, 0) is 11.3 Å². The van der Waals surface area contributed by atoms with Crippen molar-refractivity contribution in [2.24, 2.45) is 0 Å². The van der Waals surface area contributed by atoms with E-state index in [1.165, 1.54) is 6.42 Å². The average Bonchev–Trinajstić information content (AvgIpc) is 2.41. The van der Waals surface area contributed by atoms with Gasteiger partial charge < -0.3 is 5.11 Å². The monoisotopic (exact) mass is 296 g/mol. The molecule has 5 heteroatoms. The van der Waals surface area contributed by atoms with Gasteiger partial charge in [0.05, 0.1) is 11.4 Å². The van der Waals surface area contributed by atoms with Crippen LogP contribution in [0.1, 0.15) is 44.1 Å². The summed E-state index contributed by atoms with van der Waals surface area (Å²) in [7, 11) is 2.00. The fraction of sp³-hybridized carbons (Fsp3) is 0.600. The highest BCUT2D eigenvalue weighted by Crippen LogP contribution is 2.37. The minimum absolute atomic E-state index is 0.201. The maximum atomic E-state index is 11.2. The zero-order valence-electron chi connectivity index (χ0n) is 11.8. The van der Waals surface area contributed by atoms with Crippen LogP contribution >= 0.6 is 11.6 Å². The first-order valence-corrected chi connectivity index (χ1v) is 7.43. The standard InChI is InChI=1S/C15H21ClN2O2/c1-18(11-12-5-8-17-10-13(12)16)15(9-14(19)20)6-3-2-4-7-15/h5,8,10H,2-4,6-7,9,11H2,1H3,(H,19,20). The molecule has 1 aromatic rings. The topological polar surface area (TPSA) is 53.4 Å². The van der Waals surface area contributed by atoms with Gasteiger partial charge in [-0.1, -0.05) is 30.9 Å². The summed E-state index contributed by atoms with van der Waals surface area (Å²) in [5, 5.41) is 9.88. The number of nitrogens with zero attached hydrogens (tertiary/aromatic N) is 2. The van der Waals surface area contributed by atoms with Gasteiger partial charge >= 0.3 is 5.97 Å². The lowest BCUT2D eigenvalue weighted by Crippen LogP contribution is -2.49. The number of aliphatic carboxylic acids is 1. The van der Waals surface area contributed by atoms with Crippen LogP contribution in [0.15, 0.2) is 18.5 Å². The van der Waals surface area contributed by atoms with E-state index in [-0.39, 0.29) is 12.0 Å². The zero-order valence-corrected chi connectivity index (χ0v) is 12.6. The Morgan fingerprint density at radius 1 is 1.45 bits per heavy atom. The molecule has 1 saturated carbocycles. The van der Waals surface area contributed by atoms with Crippen LogP contribution in [-0.4, -0.2) is 33.5 Å². The number of aromatic nitrogens is 1. The molecule has 0 atom stereocenters. The molecule has 4 nitrogen and oxygen atoms in total. The third-order valence-corrected chi connectivity index (χ3v) is 4.68. The summed E-state index contributed by atoms with van der Waals surface area (Å²) < 4.78 is 0. The molecule has 1 heterocycles. The molecule has 0 radical (unpaired) electrons. The van der Waals surface area contributed by atoms with Crippen molar-refractivity contribution in [1.82, 2.24) is 9.88 Å². The number of hydrogen-bond acceptors (Lipinski definition) is 3. The maximum absolute atomic E-state index is 11.2. The minimum atomic E-state index is -0.723. The summed E-state index contributed by atoms with van der Waals surface area (Å²) >= 11 is 6.15. The van der Waals surface area contributed by atoms with Gasteiger partial charge in [0.1, 0.15) is 0 Å². The molecule has 0 amide bonds. The number of pyridine rings is 1. The molecule has 2 rings (SSSR count). The van der Waals surface area contributed by atoms with Gasteiger partial charge in [0.25, 0.3) is 0 Å². The fourth-order valence-corrected chi connectivity index (χ4v) is 3.32. The Kier molecular flexibility index (Phi) is 5.00. The lowest BCUT2D eigenvalue weighted by molar-refractivity contribution is -0.141. The Morgan fingerprint density at radius 3 is 2.75 bits per heavy atom. The highest BCUT2D eigenvalue weighted by atomic mass is 35.5. The Balaban J connectivity index is 2.16. The lowest BCUT2D eigenvalue weighted by atomic mass is 9.78.